The Labute approximate surface area is 209 Å². The van der Waals surface area contributed by atoms with Gasteiger partial charge in [0.05, 0.1) is 5.69 Å². The molecule has 2 aliphatic rings. The standard InChI is InChI=1S/C26H33N5O3S/c1-16-12-22(28-29-23(16)20-7-8-21-19(24(20)32)9-11-35-21)27-17-6-5-10-30(13-17)18-14-31(15-18)25(33)34-26(2,3)4/h7-9,11-12,17-18,32H,5-6,10,13-15H2,1-4H3,(H,27,28)/t17-/m1/s1. The molecule has 1 atom stereocenters. The van der Waals surface area contributed by atoms with Gasteiger partial charge in [0.2, 0.25) is 0 Å². The molecule has 1 amide bonds. The number of phenols is 1. The number of aromatic hydroxyl groups is 1. The van der Waals surface area contributed by atoms with Crippen molar-refractivity contribution in [2.24, 2.45) is 0 Å². The molecule has 0 spiro atoms. The molecule has 2 aliphatic heterocycles. The third-order valence-corrected chi connectivity index (χ3v) is 7.56. The van der Waals surface area contributed by atoms with Crippen LogP contribution in [0.3, 0.4) is 0 Å². The molecule has 4 heterocycles. The largest absolute Gasteiger partial charge is 0.507 e. The number of aryl methyl sites for hydroxylation is 1. The highest BCUT2D eigenvalue weighted by Crippen LogP contribution is 2.38. The lowest BCUT2D eigenvalue weighted by atomic mass is 10.00. The van der Waals surface area contributed by atoms with Crippen molar-refractivity contribution < 1.29 is 14.6 Å². The van der Waals surface area contributed by atoms with E-state index in [0.717, 1.165) is 47.4 Å². The van der Waals surface area contributed by atoms with Crippen LogP contribution in [-0.2, 0) is 4.74 Å². The van der Waals surface area contributed by atoms with Crippen LogP contribution < -0.4 is 5.32 Å². The number of rotatable bonds is 4. The lowest BCUT2D eigenvalue weighted by Crippen LogP contribution is -2.63. The molecule has 2 N–H and O–H groups in total. The first-order valence-electron chi connectivity index (χ1n) is 12.2. The molecule has 2 saturated heterocycles. The van der Waals surface area contributed by atoms with Gasteiger partial charge in [0.25, 0.3) is 0 Å². The Morgan fingerprint density at radius 2 is 2.00 bits per heavy atom. The Bertz CT molecular complexity index is 1230. The molecular formula is C26H33N5O3S. The lowest BCUT2D eigenvalue weighted by molar-refractivity contribution is -0.0194. The summed E-state index contributed by atoms with van der Waals surface area (Å²) in [6.07, 6.45) is 1.94. The molecule has 9 heteroatoms. The number of nitrogens with one attached hydrogen (secondary N) is 1. The molecule has 35 heavy (non-hydrogen) atoms. The predicted molar refractivity (Wildman–Crippen MR) is 139 cm³/mol. The molecule has 0 saturated carbocycles. The summed E-state index contributed by atoms with van der Waals surface area (Å²) < 4.78 is 6.53. The fourth-order valence-electron chi connectivity index (χ4n) is 4.87. The van der Waals surface area contributed by atoms with Crippen molar-refractivity contribution in [2.45, 2.75) is 58.2 Å². The van der Waals surface area contributed by atoms with Crippen molar-refractivity contribution >= 4 is 33.3 Å². The van der Waals surface area contributed by atoms with Gasteiger partial charge in [-0.2, -0.15) is 0 Å². The first-order chi connectivity index (χ1) is 16.7. The number of likely N-dealkylation sites (tertiary alicyclic amines) is 2. The van der Waals surface area contributed by atoms with E-state index in [-0.39, 0.29) is 17.9 Å². The molecule has 186 valence electrons. The Hall–Kier alpha value is -2.91. The van der Waals surface area contributed by atoms with Crippen molar-refractivity contribution in [1.82, 2.24) is 20.0 Å². The summed E-state index contributed by atoms with van der Waals surface area (Å²) in [7, 11) is 0. The number of piperidine rings is 1. The minimum Gasteiger partial charge on any atom is -0.507 e. The predicted octanol–water partition coefficient (Wildman–Crippen LogP) is 4.87. The maximum Gasteiger partial charge on any atom is 0.410 e. The molecule has 0 aliphatic carbocycles. The Kier molecular flexibility index (Phi) is 6.31. The summed E-state index contributed by atoms with van der Waals surface area (Å²) in [6.45, 7) is 11.1. The monoisotopic (exact) mass is 495 g/mol. The number of ether oxygens (including phenoxy) is 1. The maximum atomic E-state index is 12.3. The summed E-state index contributed by atoms with van der Waals surface area (Å²) in [6, 6.07) is 8.51. The van der Waals surface area contributed by atoms with Crippen LogP contribution in [0, 0.1) is 6.92 Å². The number of phenolic OH excluding ortho intramolecular Hbond substituents is 1. The highest BCUT2D eigenvalue weighted by Gasteiger charge is 2.38. The van der Waals surface area contributed by atoms with Crippen LogP contribution >= 0.6 is 11.3 Å². The van der Waals surface area contributed by atoms with E-state index in [1.54, 1.807) is 16.2 Å². The van der Waals surface area contributed by atoms with Gasteiger partial charge in [0.1, 0.15) is 17.2 Å². The first kappa shape index (κ1) is 23.8. The summed E-state index contributed by atoms with van der Waals surface area (Å²) in [5.41, 5.74) is 1.90. The SMILES string of the molecule is Cc1cc(N[C@@H]2CCCN(C3CN(C(=O)OC(C)(C)C)C3)C2)nnc1-c1ccc2sccc2c1O. The fraction of sp³-hybridized carbons (Fsp3) is 0.500. The number of hydrogen-bond acceptors (Lipinski definition) is 8. The van der Waals surface area contributed by atoms with E-state index >= 15 is 0 Å². The molecule has 8 nitrogen and oxygen atoms in total. The van der Waals surface area contributed by atoms with Gasteiger partial charge in [0.15, 0.2) is 0 Å². The third-order valence-electron chi connectivity index (χ3n) is 6.68. The van der Waals surface area contributed by atoms with Crippen molar-refractivity contribution in [3.63, 3.8) is 0 Å². The summed E-state index contributed by atoms with van der Waals surface area (Å²) in [4.78, 5) is 16.5. The van der Waals surface area contributed by atoms with E-state index in [2.05, 4.69) is 20.4 Å². The molecule has 0 unspecified atom stereocenters. The molecule has 3 aromatic rings. The van der Waals surface area contributed by atoms with Crippen LogP contribution in [-0.4, -0.2) is 75.1 Å². The number of benzene rings is 1. The van der Waals surface area contributed by atoms with Gasteiger partial charge in [-0.15, -0.1) is 21.5 Å². The van der Waals surface area contributed by atoms with Crippen LogP contribution in [0.5, 0.6) is 5.75 Å². The lowest BCUT2D eigenvalue weighted by Gasteiger charge is -2.47. The van der Waals surface area contributed by atoms with E-state index in [1.165, 1.54) is 0 Å². The molecule has 2 fully saturated rings. The quantitative estimate of drug-likeness (QED) is 0.534. The number of amides is 1. The Balaban J connectivity index is 1.20. The van der Waals surface area contributed by atoms with Crippen molar-refractivity contribution in [3.8, 4) is 17.0 Å². The second kappa shape index (κ2) is 9.28. The zero-order valence-corrected chi connectivity index (χ0v) is 21.6. The molecule has 0 bridgehead atoms. The number of thiophene rings is 1. The molecular weight excluding hydrogens is 462 g/mol. The number of carbonyl (C=O) groups excluding carboxylic acids is 1. The third kappa shape index (κ3) is 5.06. The highest BCUT2D eigenvalue weighted by molar-refractivity contribution is 7.17. The van der Waals surface area contributed by atoms with Gasteiger partial charge in [-0.05, 0) is 82.3 Å². The average Bonchev–Trinajstić information content (AvgIpc) is 3.23. The minimum atomic E-state index is -0.466. The highest BCUT2D eigenvalue weighted by atomic mass is 32.1. The Morgan fingerprint density at radius 3 is 2.74 bits per heavy atom. The normalized spacial score (nSPS) is 19.5. The van der Waals surface area contributed by atoms with E-state index in [1.807, 2.05) is 57.3 Å². The second-order valence-corrected chi connectivity index (χ2v) is 11.5. The van der Waals surface area contributed by atoms with E-state index < -0.39 is 5.60 Å². The summed E-state index contributed by atoms with van der Waals surface area (Å²) in [5.74, 6) is 1.00. The van der Waals surface area contributed by atoms with Crippen molar-refractivity contribution in [1.29, 1.82) is 0 Å². The van der Waals surface area contributed by atoms with E-state index in [9.17, 15) is 9.90 Å². The van der Waals surface area contributed by atoms with Gasteiger partial charge < -0.3 is 20.1 Å². The maximum absolute atomic E-state index is 12.3. The van der Waals surface area contributed by atoms with E-state index in [4.69, 9.17) is 4.74 Å². The molecule has 2 aromatic heterocycles. The number of anilines is 1. The zero-order valence-electron chi connectivity index (χ0n) is 20.7. The molecule has 0 radical (unpaired) electrons. The van der Waals surface area contributed by atoms with E-state index in [0.29, 0.717) is 30.4 Å². The number of nitrogens with zero attached hydrogens (tertiary/aromatic N) is 4. The van der Waals surface area contributed by atoms with Gasteiger partial charge >= 0.3 is 6.09 Å². The summed E-state index contributed by atoms with van der Waals surface area (Å²) in [5, 5.41) is 26.0. The first-order valence-corrected chi connectivity index (χ1v) is 13.1. The smallest absolute Gasteiger partial charge is 0.410 e. The topological polar surface area (TPSA) is 90.8 Å². The van der Waals surface area contributed by atoms with Gasteiger partial charge in [0, 0.05) is 47.4 Å². The molecule has 5 rings (SSSR count). The Morgan fingerprint density at radius 1 is 1.20 bits per heavy atom. The van der Waals surface area contributed by atoms with Crippen molar-refractivity contribution in [2.75, 3.05) is 31.5 Å². The number of aromatic nitrogens is 2. The van der Waals surface area contributed by atoms with Crippen molar-refractivity contribution in [3.05, 3.63) is 35.2 Å². The zero-order chi connectivity index (χ0) is 24.7. The van der Waals surface area contributed by atoms with Crippen LogP contribution in [0.25, 0.3) is 21.3 Å². The molecule has 1 aromatic carbocycles. The van der Waals surface area contributed by atoms with Gasteiger partial charge in [-0.1, -0.05) is 0 Å². The van der Waals surface area contributed by atoms with Gasteiger partial charge in [-0.3, -0.25) is 4.90 Å². The van der Waals surface area contributed by atoms with Crippen LogP contribution in [0.15, 0.2) is 29.6 Å². The number of carbonyl (C=O) groups is 1. The fourth-order valence-corrected chi connectivity index (χ4v) is 5.66. The van der Waals surface area contributed by atoms with Crippen LogP contribution in [0.4, 0.5) is 10.6 Å². The minimum absolute atomic E-state index is 0.226. The van der Waals surface area contributed by atoms with Crippen LogP contribution in [0.1, 0.15) is 39.2 Å². The average molecular weight is 496 g/mol. The number of fused-ring (bicyclic) bond motifs is 1. The summed E-state index contributed by atoms with van der Waals surface area (Å²) >= 11 is 1.61. The van der Waals surface area contributed by atoms with Gasteiger partial charge in [-0.25, -0.2) is 4.79 Å². The second-order valence-electron chi connectivity index (χ2n) is 10.6. The number of hydrogen-bond donors (Lipinski definition) is 2. The van der Waals surface area contributed by atoms with Crippen LogP contribution in [0.2, 0.25) is 0 Å².